The molecule has 0 aliphatic heterocycles. The van der Waals surface area contributed by atoms with Crippen molar-refractivity contribution in [2.24, 2.45) is 0 Å². The lowest BCUT2D eigenvalue weighted by Gasteiger charge is -2.06. The van der Waals surface area contributed by atoms with E-state index in [1.54, 1.807) is 18.2 Å². The fourth-order valence-corrected chi connectivity index (χ4v) is 3.65. The van der Waals surface area contributed by atoms with Crippen molar-refractivity contribution >= 4 is 46.0 Å². The maximum atomic E-state index is 14.7. The van der Waals surface area contributed by atoms with Crippen LogP contribution in [0.5, 0.6) is 0 Å². The highest BCUT2D eigenvalue weighted by Crippen LogP contribution is 2.33. The predicted octanol–water partition coefficient (Wildman–Crippen LogP) is 5.54. The molecule has 1 aromatic heterocycles. The quantitative estimate of drug-likeness (QED) is 0.465. The summed E-state index contributed by atoms with van der Waals surface area (Å²) in [5, 5.41) is 13.9. The highest BCUT2D eigenvalue weighted by molar-refractivity contribution is 6.40. The molecule has 1 N–H and O–H groups in total. The number of carboxylic acids is 1. The summed E-state index contributed by atoms with van der Waals surface area (Å²) in [6.07, 6.45) is 0. The monoisotopic (exact) mass is 428 g/mol. The van der Waals surface area contributed by atoms with Crippen molar-refractivity contribution < 1.29 is 19.1 Å². The van der Waals surface area contributed by atoms with E-state index in [0.717, 1.165) is 4.68 Å². The van der Waals surface area contributed by atoms with E-state index in [4.69, 9.17) is 23.2 Å². The Bertz CT molecular complexity index is 1280. The number of hydrogen-bond acceptors (Lipinski definition) is 3. The number of carbonyl (C=O) groups excluding carboxylic acids is 1. The average molecular weight is 429 g/mol. The number of halogens is 3. The maximum absolute atomic E-state index is 14.7. The molecule has 0 saturated carbocycles. The largest absolute Gasteiger partial charge is 0.478 e. The number of hydrogen-bond donors (Lipinski definition) is 1. The van der Waals surface area contributed by atoms with Gasteiger partial charge < -0.3 is 5.11 Å². The molecule has 3 aromatic carbocycles. The Morgan fingerprint density at radius 1 is 0.966 bits per heavy atom. The van der Waals surface area contributed by atoms with Crippen molar-refractivity contribution in [2.45, 2.75) is 0 Å². The second-order valence-electron chi connectivity index (χ2n) is 6.18. The number of carboxylic acid groups (broad SMARTS) is 1. The molecule has 0 amide bonds. The van der Waals surface area contributed by atoms with Crippen LogP contribution in [0.3, 0.4) is 0 Å². The van der Waals surface area contributed by atoms with Crippen LogP contribution in [0.1, 0.15) is 20.7 Å². The van der Waals surface area contributed by atoms with E-state index in [-0.39, 0.29) is 37.8 Å². The van der Waals surface area contributed by atoms with E-state index >= 15 is 0 Å². The molecule has 8 heteroatoms. The Kier molecular flexibility index (Phi) is 4.82. The molecular formula is C21H11Cl2FN2O3. The number of aromatic nitrogens is 2. The van der Waals surface area contributed by atoms with Crippen LogP contribution in [0.25, 0.3) is 22.2 Å². The van der Waals surface area contributed by atoms with Crippen LogP contribution in [-0.2, 0) is 0 Å². The van der Waals surface area contributed by atoms with Crippen molar-refractivity contribution in [2.75, 3.05) is 0 Å². The zero-order chi connectivity index (χ0) is 20.7. The lowest BCUT2D eigenvalue weighted by Crippen LogP contribution is -2.14. The van der Waals surface area contributed by atoms with E-state index in [1.165, 1.54) is 42.5 Å². The number of fused-ring (bicyclic) bond motifs is 1. The molecule has 0 saturated heterocycles. The summed E-state index contributed by atoms with van der Waals surface area (Å²) < 4.78 is 15.7. The number of aromatic carboxylic acids is 1. The molecule has 0 atom stereocenters. The first-order valence-corrected chi connectivity index (χ1v) is 9.13. The van der Waals surface area contributed by atoms with Crippen molar-refractivity contribution in [3.8, 4) is 11.3 Å². The van der Waals surface area contributed by atoms with Crippen LogP contribution in [0.15, 0.2) is 60.7 Å². The summed E-state index contributed by atoms with van der Waals surface area (Å²) in [7, 11) is 0. The van der Waals surface area contributed by atoms with Crippen LogP contribution in [0.4, 0.5) is 4.39 Å². The number of carbonyl (C=O) groups is 2. The normalized spacial score (nSPS) is 11.0. The van der Waals surface area contributed by atoms with Gasteiger partial charge in [-0.1, -0.05) is 47.5 Å². The van der Waals surface area contributed by atoms with E-state index in [1.807, 2.05) is 0 Å². The van der Waals surface area contributed by atoms with Crippen LogP contribution >= 0.6 is 23.2 Å². The molecule has 0 fully saturated rings. The Hall–Kier alpha value is -3.22. The van der Waals surface area contributed by atoms with Crippen LogP contribution in [0, 0.1) is 5.82 Å². The summed E-state index contributed by atoms with van der Waals surface area (Å²) in [4.78, 5) is 24.5. The predicted molar refractivity (Wildman–Crippen MR) is 108 cm³/mol. The average Bonchev–Trinajstić information content (AvgIpc) is 3.09. The van der Waals surface area contributed by atoms with Gasteiger partial charge in [-0.05, 0) is 36.4 Å². The van der Waals surface area contributed by atoms with Gasteiger partial charge in [-0.25, -0.2) is 9.18 Å². The van der Waals surface area contributed by atoms with Crippen molar-refractivity contribution in [1.29, 1.82) is 0 Å². The highest BCUT2D eigenvalue weighted by atomic mass is 35.5. The zero-order valence-corrected chi connectivity index (χ0v) is 16.1. The van der Waals surface area contributed by atoms with Crippen LogP contribution in [-0.4, -0.2) is 26.8 Å². The van der Waals surface area contributed by atoms with Gasteiger partial charge in [0.25, 0.3) is 5.91 Å². The topological polar surface area (TPSA) is 72.2 Å². The molecule has 144 valence electrons. The number of rotatable bonds is 3. The lowest BCUT2D eigenvalue weighted by atomic mass is 10.0. The van der Waals surface area contributed by atoms with Crippen LogP contribution < -0.4 is 0 Å². The smallest absolute Gasteiger partial charge is 0.335 e. The van der Waals surface area contributed by atoms with Gasteiger partial charge in [0.1, 0.15) is 11.5 Å². The molecular weight excluding hydrogens is 418 g/mol. The SMILES string of the molecule is O=C(O)c1cccc(-c2nn(C(=O)c3c(Cl)cccc3Cl)c3cccc(F)c23)c1. The molecule has 0 bridgehead atoms. The van der Waals surface area contributed by atoms with Gasteiger partial charge in [-0.3, -0.25) is 4.79 Å². The maximum Gasteiger partial charge on any atom is 0.335 e. The third kappa shape index (κ3) is 3.26. The first kappa shape index (κ1) is 19.1. The van der Waals surface area contributed by atoms with Gasteiger partial charge in [0, 0.05) is 5.56 Å². The second-order valence-corrected chi connectivity index (χ2v) is 7.00. The summed E-state index contributed by atoms with van der Waals surface area (Å²) in [6, 6.07) is 14.8. The fraction of sp³-hybridized carbons (Fsp3) is 0. The number of nitrogens with zero attached hydrogens (tertiary/aromatic N) is 2. The Morgan fingerprint density at radius 3 is 2.31 bits per heavy atom. The van der Waals surface area contributed by atoms with Crippen molar-refractivity contribution in [1.82, 2.24) is 9.78 Å². The third-order valence-corrected chi connectivity index (χ3v) is 5.04. The Labute approximate surface area is 173 Å². The zero-order valence-electron chi connectivity index (χ0n) is 14.6. The van der Waals surface area contributed by atoms with Gasteiger partial charge in [0.15, 0.2) is 0 Å². The molecule has 0 radical (unpaired) electrons. The van der Waals surface area contributed by atoms with Crippen molar-refractivity contribution in [3.63, 3.8) is 0 Å². The first-order valence-electron chi connectivity index (χ1n) is 8.38. The minimum Gasteiger partial charge on any atom is -0.478 e. The van der Waals surface area contributed by atoms with Gasteiger partial charge in [0.05, 0.1) is 32.1 Å². The summed E-state index contributed by atoms with van der Waals surface area (Å²) in [5.41, 5.74) is 0.758. The minimum absolute atomic E-state index is 0.0158. The van der Waals surface area contributed by atoms with Gasteiger partial charge >= 0.3 is 5.97 Å². The molecule has 5 nitrogen and oxygen atoms in total. The number of benzene rings is 3. The Morgan fingerprint density at radius 2 is 1.62 bits per heavy atom. The summed E-state index contributed by atoms with van der Waals surface area (Å²) in [5.74, 6) is -2.35. The van der Waals surface area contributed by atoms with Gasteiger partial charge in [-0.2, -0.15) is 9.78 Å². The molecule has 4 aromatic rings. The van der Waals surface area contributed by atoms with Gasteiger partial charge in [0.2, 0.25) is 0 Å². The van der Waals surface area contributed by atoms with E-state index in [0.29, 0.717) is 5.56 Å². The third-order valence-electron chi connectivity index (χ3n) is 4.41. The molecule has 0 aliphatic carbocycles. The van der Waals surface area contributed by atoms with E-state index < -0.39 is 17.7 Å². The van der Waals surface area contributed by atoms with E-state index in [2.05, 4.69) is 5.10 Å². The van der Waals surface area contributed by atoms with Crippen molar-refractivity contribution in [3.05, 3.63) is 87.7 Å². The second kappa shape index (κ2) is 7.31. The molecule has 0 spiro atoms. The molecule has 1 heterocycles. The van der Waals surface area contributed by atoms with E-state index in [9.17, 15) is 19.1 Å². The Balaban J connectivity index is 1.99. The molecule has 0 unspecified atom stereocenters. The first-order chi connectivity index (χ1) is 13.9. The van der Waals surface area contributed by atoms with Gasteiger partial charge in [-0.15, -0.1) is 0 Å². The minimum atomic E-state index is -1.13. The molecule has 29 heavy (non-hydrogen) atoms. The lowest BCUT2D eigenvalue weighted by molar-refractivity contribution is 0.0696. The summed E-state index contributed by atoms with van der Waals surface area (Å²) >= 11 is 12.3. The van der Waals surface area contributed by atoms with Crippen LogP contribution in [0.2, 0.25) is 10.0 Å². The standard InChI is InChI=1S/C21H11Cl2FN2O3/c22-13-6-2-7-14(23)17(13)20(27)26-16-9-3-8-15(24)18(16)19(25-26)11-4-1-5-12(10-11)21(28)29/h1-10H,(H,28,29). The summed E-state index contributed by atoms with van der Waals surface area (Å²) in [6.45, 7) is 0. The molecule has 4 rings (SSSR count). The fourth-order valence-electron chi connectivity index (χ4n) is 3.09. The highest BCUT2D eigenvalue weighted by Gasteiger charge is 2.24. The molecule has 0 aliphatic rings.